The summed E-state index contributed by atoms with van der Waals surface area (Å²) in [5.74, 6) is -0.733. The minimum atomic E-state index is -4.43. The van der Waals surface area contributed by atoms with Crippen molar-refractivity contribution in [2.24, 2.45) is 0 Å². The molecule has 0 atom stereocenters. The van der Waals surface area contributed by atoms with Gasteiger partial charge in [0.15, 0.2) is 5.69 Å². The number of rotatable bonds is 5. The molecule has 0 aliphatic heterocycles. The highest BCUT2D eigenvalue weighted by atomic mass is 35.5. The first kappa shape index (κ1) is 15.6. The lowest BCUT2D eigenvalue weighted by atomic mass is 10.3. The van der Waals surface area contributed by atoms with Crippen molar-refractivity contribution in [2.45, 2.75) is 19.7 Å². The molecule has 1 aromatic heterocycles. The van der Waals surface area contributed by atoms with Crippen LogP contribution in [0.2, 0.25) is 5.28 Å². The molecular formula is C10H10ClF3N2O3. The molecule has 0 aliphatic carbocycles. The van der Waals surface area contributed by atoms with Gasteiger partial charge in [-0.25, -0.2) is 14.8 Å². The van der Waals surface area contributed by atoms with Crippen LogP contribution in [0.4, 0.5) is 13.2 Å². The van der Waals surface area contributed by atoms with Gasteiger partial charge in [0, 0.05) is 0 Å². The Morgan fingerprint density at radius 1 is 1.42 bits per heavy atom. The molecule has 1 heterocycles. The summed E-state index contributed by atoms with van der Waals surface area (Å²) < 4.78 is 44.8. The van der Waals surface area contributed by atoms with Gasteiger partial charge in [0.05, 0.1) is 18.9 Å². The summed E-state index contributed by atoms with van der Waals surface area (Å²) in [6, 6.07) is 1.17. The van der Waals surface area contributed by atoms with E-state index in [2.05, 4.69) is 19.4 Å². The standard InChI is InChI=1S/C10H10ClF3N2O3/c1-2-19-8(17)7-3-6(15-9(11)16-7)4-18-5-10(12,13)14/h3H,2,4-5H2,1H3. The zero-order chi connectivity index (χ0) is 14.5. The second-order valence-electron chi connectivity index (χ2n) is 3.34. The van der Waals surface area contributed by atoms with Gasteiger partial charge in [0.1, 0.15) is 6.61 Å². The molecule has 0 bridgehead atoms. The van der Waals surface area contributed by atoms with Gasteiger partial charge in [-0.15, -0.1) is 0 Å². The molecule has 0 radical (unpaired) electrons. The van der Waals surface area contributed by atoms with Crippen LogP contribution in [0.25, 0.3) is 0 Å². The Labute approximate surface area is 111 Å². The largest absolute Gasteiger partial charge is 0.461 e. The third-order valence-electron chi connectivity index (χ3n) is 1.75. The fraction of sp³-hybridized carbons (Fsp3) is 0.500. The SMILES string of the molecule is CCOC(=O)c1cc(COCC(F)(F)F)nc(Cl)n1. The smallest absolute Gasteiger partial charge is 0.411 e. The lowest BCUT2D eigenvalue weighted by molar-refractivity contribution is -0.176. The van der Waals surface area contributed by atoms with E-state index in [-0.39, 0.29) is 23.3 Å². The van der Waals surface area contributed by atoms with E-state index < -0.39 is 25.4 Å². The fourth-order valence-electron chi connectivity index (χ4n) is 1.12. The van der Waals surface area contributed by atoms with Crippen molar-refractivity contribution >= 4 is 17.6 Å². The van der Waals surface area contributed by atoms with Gasteiger partial charge >= 0.3 is 12.1 Å². The molecule has 1 rings (SSSR count). The summed E-state index contributed by atoms with van der Waals surface area (Å²) in [4.78, 5) is 18.7. The second kappa shape index (κ2) is 6.67. The zero-order valence-electron chi connectivity index (χ0n) is 9.83. The highest BCUT2D eigenvalue weighted by molar-refractivity contribution is 6.28. The van der Waals surface area contributed by atoms with Crippen LogP contribution >= 0.6 is 11.6 Å². The number of aromatic nitrogens is 2. The first-order valence-corrected chi connectivity index (χ1v) is 5.54. The maximum atomic E-state index is 11.9. The number of nitrogens with zero attached hydrogens (tertiary/aromatic N) is 2. The third kappa shape index (κ3) is 5.84. The lowest BCUT2D eigenvalue weighted by Crippen LogP contribution is -2.17. The summed E-state index contributed by atoms with van der Waals surface area (Å²) in [5.41, 5.74) is -0.0697. The monoisotopic (exact) mass is 298 g/mol. The Hall–Kier alpha value is -1.41. The van der Waals surface area contributed by atoms with Crippen LogP contribution < -0.4 is 0 Å². The highest BCUT2D eigenvalue weighted by Crippen LogP contribution is 2.16. The first-order valence-electron chi connectivity index (χ1n) is 5.17. The second-order valence-corrected chi connectivity index (χ2v) is 3.68. The Balaban J connectivity index is 2.71. The number of alkyl halides is 3. The van der Waals surface area contributed by atoms with Crippen molar-refractivity contribution in [3.8, 4) is 0 Å². The number of esters is 1. The molecular weight excluding hydrogens is 289 g/mol. The van der Waals surface area contributed by atoms with Gasteiger partial charge in [0.2, 0.25) is 5.28 Å². The topological polar surface area (TPSA) is 61.3 Å². The molecule has 0 amide bonds. The minimum Gasteiger partial charge on any atom is -0.461 e. The average molecular weight is 299 g/mol. The van der Waals surface area contributed by atoms with E-state index in [1.807, 2.05) is 0 Å². The molecule has 0 saturated heterocycles. The quantitative estimate of drug-likeness (QED) is 0.617. The van der Waals surface area contributed by atoms with Crippen LogP contribution in [0.5, 0.6) is 0 Å². The number of hydrogen-bond donors (Lipinski definition) is 0. The Morgan fingerprint density at radius 3 is 2.68 bits per heavy atom. The van der Waals surface area contributed by atoms with Crippen LogP contribution in [0, 0.1) is 0 Å². The summed E-state index contributed by atoms with van der Waals surface area (Å²) in [7, 11) is 0. The summed E-state index contributed by atoms with van der Waals surface area (Å²) >= 11 is 5.56. The molecule has 1 aromatic rings. The molecule has 0 spiro atoms. The normalized spacial score (nSPS) is 11.4. The molecule has 9 heteroatoms. The maximum absolute atomic E-state index is 11.9. The van der Waals surface area contributed by atoms with Crippen LogP contribution in [-0.4, -0.2) is 35.3 Å². The third-order valence-corrected chi connectivity index (χ3v) is 1.92. The van der Waals surface area contributed by atoms with E-state index in [0.29, 0.717) is 0 Å². The lowest BCUT2D eigenvalue weighted by Gasteiger charge is -2.08. The first-order chi connectivity index (χ1) is 8.81. The van der Waals surface area contributed by atoms with Crippen molar-refractivity contribution in [3.63, 3.8) is 0 Å². The molecule has 0 unspecified atom stereocenters. The van der Waals surface area contributed by atoms with Gasteiger partial charge in [-0.2, -0.15) is 13.2 Å². The zero-order valence-corrected chi connectivity index (χ0v) is 10.6. The van der Waals surface area contributed by atoms with E-state index in [9.17, 15) is 18.0 Å². The van der Waals surface area contributed by atoms with E-state index in [1.54, 1.807) is 6.92 Å². The highest BCUT2D eigenvalue weighted by Gasteiger charge is 2.27. The van der Waals surface area contributed by atoms with E-state index in [1.165, 1.54) is 6.07 Å². The molecule has 0 aliphatic rings. The van der Waals surface area contributed by atoms with Crippen molar-refractivity contribution in [1.82, 2.24) is 9.97 Å². The van der Waals surface area contributed by atoms with Crippen molar-refractivity contribution in [3.05, 3.63) is 22.7 Å². The summed E-state index contributed by atoms with van der Waals surface area (Å²) in [6.07, 6.45) is -4.43. The maximum Gasteiger partial charge on any atom is 0.411 e. The number of carbonyl (C=O) groups is 1. The summed E-state index contributed by atoms with van der Waals surface area (Å²) in [6.45, 7) is -0.105. The van der Waals surface area contributed by atoms with Gasteiger partial charge < -0.3 is 9.47 Å². The predicted molar refractivity (Wildman–Crippen MR) is 58.7 cm³/mol. The van der Waals surface area contributed by atoms with Crippen LogP contribution in [0.3, 0.4) is 0 Å². The average Bonchev–Trinajstić information content (AvgIpc) is 2.26. The summed E-state index contributed by atoms with van der Waals surface area (Å²) in [5, 5.41) is -0.267. The Kier molecular flexibility index (Phi) is 5.49. The van der Waals surface area contributed by atoms with Crippen molar-refractivity contribution in [1.29, 1.82) is 0 Å². The molecule has 0 N–H and O–H groups in total. The predicted octanol–water partition coefficient (Wildman–Crippen LogP) is 2.39. The van der Waals surface area contributed by atoms with E-state index in [4.69, 9.17) is 11.6 Å². The van der Waals surface area contributed by atoms with E-state index in [0.717, 1.165) is 0 Å². The number of hydrogen-bond acceptors (Lipinski definition) is 5. The molecule has 0 aromatic carbocycles. The number of carbonyl (C=O) groups excluding carboxylic acids is 1. The van der Waals surface area contributed by atoms with Gasteiger partial charge in [-0.3, -0.25) is 0 Å². The molecule has 5 nitrogen and oxygen atoms in total. The van der Waals surface area contributed by atoms with Crippen molar-refractivity contribution in [2.75, 3.05) is 13.2 Å². The Morgan fingerprint density at radius 2 is 2.11 bits per heavy atom. The molecule has 0 fully saturated rings. The van der Waals surface area contributed by atoms with Crippen LogP contribution in [0.15, 0.2) is 6.07 Å². The number of halogens is 4. The molecule has 0 saturated carbocycles. The van der Waals surface area contributed by atoms with Gasteiger partial charge in [0.25, 0.3) is 0 Å². The minimum absolute atomic E-state index is 0.0623. The fourth-order valence-corrected chi connectivity index (χ4v) is 1.32. The van der Waals surface area contributed by atoms with E-state index >= 15 is 0 Å². The molecule has 19 heavy (non-hydrogen) atoms. The number of ether oxygens (including phenoxy) is 2. The van der Waals surface area contributed by atoms with Crippen LogP contribution in [0.1, 0.15) is 23.1 Å². The molecule has 106 valence electrons. The van der Waals surface area contributed by atoms with Gasteiger partial charge in [-0.1, -0.05) is 0 Å². The van der Waals surface area contributed by atoms with Gasteiger partial charge in [-0.05, 0) is 24.6 Å². The van der Waals surface area contributed by atoms with Crippen LogP contribution in [-0.2, 0) is 16.1 Å². The Bertz CT molecular complexity index is 454. The van der Waals surface area contributed by atoms with Crippen molar-refractivity contribution < 1.29 is 27.4 Å².